The lowest BCUT2D eigenvalue weighted by molar-refractivity contribution is -0.117. The van der Waals surface area contributed by atoms with Crippen LogP contribution in [0.4, 0.5) is 5.69 Å². The first-order chi connectivity index (χ1) is 12.5. The van der Waals surface area contributed by atoms with E-state index in [1.807, 2.05) is 50.2 Å². The van der Waals surface area contributed by atoms with Crippen LogP contribution in [0.15, 0.2) is 47.0 Å². The monoisotopic (exact) mass is 367 g/mol. The number of aromatic nitrogens is 2. The molecule has 0 radical (unpaired) electrons. The van der Waals surface area contributed by atoms with Crippen LogP contribution in [0.2, 0.25) is 5.02 Å². The summed E-state index contributed by atoms with van der Waals surface area (Å²) in [7, 11) is 0. The van der Waals surface area contributed by atoms with Gasteiger partial charge >= 0.3 is 0 Å². The lowest BCUT2D eigenvalue weighted by Gasteiger charge is -2.18. The fourth-order valence-corrected chi connectivity index (χ4v) is 3.48. The van der Waals surface area contributed by atoms with Gasteiger partial charge in [-0.25, -0.2) is 0 Å². The van der Waals surface area contributed by atoms with Crippen LogP contribution < -0.4 is 4.90 Å². The number of carbonyl (C=O) groups excluding carboxylic acids is 1. The average molecular weight is 368 g/mol. The van der Waals surface area contributed by atoms with Gasteiger partial charge in [0.25, 0.3) is 0 Å². The standard InChI is InChI=1S/C20H18ClN3O2/c1-12-3-5-14(6-4-12)19-22-20(26-23-19)15-10-18(25)24(11-15)17-8-7-16(21)9-13(17)2/h3-9,15H,10-11H2,1-2H3. The number of anilines is 1. The van der Waals surface area contributed by atoms with E-state index in [2.05, 4.69) is 10.1 Å². The van der Waals surface area contributed by atoms with E-state index in [1.54, 1.807) is 11.0 Å². The molecule has 5 nitrogen and oxygen atoms in total. The van der Waals surface area contributed by atoms with E-state index in [0.717, 1.165) is 16.8 Å². The second-order valence-electron chi connectivity index (χ2n) is 6.66. The third-order valence-corrected chi connectivity index (χ3v) is 4.91. The molecule has 6 heteroatoms. The summed E-state index contributed by atoms with van der Waals surface area (Å²) in [5.74, 6) is 0.997. The van der Waals surface area contributed by atoms with E-state index in [-0.39, 0.29) is 11.8 Å². The molecule has 3 aromatic rings. The van der Waals surface area contributed by atoms with Crippen molar-refractivity contribution in [2.24, 2.45) is 0 Å². The molecule has 2 heterocycles. The number of hydrogen-bond acceptors (Lipinski definition) is 4. The Morgan fingerprint density at radius 1 is 1.15 bits per heavy atom. The smallest absolute Gasteiger partial charge is 0.232 e. The third-order valence-electron chi connectivity index (χ3n) is 4.68. The van der Waals surface area contributed by atoms with E-state index in [0.29, 0.717) is 29.7 Å². The lowest BCUT2D eigenvalue weighted by Crippen LogP contribution is -2.25. The second-order valence-corrected chi connectivity index (χ2v) is 7.09. The number of rotatable bonds is 3. The first kappa shape index (κ1) is 16.8. The molecular formula is C20H18ClN3O2. The van der Waals surface area contributed by atoms with E-state index in [4.69, 9.17) is 16.1 Å². The highest BCUT2D eigenvalue weighted by molar-refractivity contribution is 6.30. The van der Waals surface area contributed by atoms with Gasteiger partial charge in [-0.3, -0.25) is 4.79 Å². The maximum absolute atomic E-state index is 12.5. The predicted octanol–water partition coefficient (Wildman–Crippen LogP) is 4.53. The Hall–Kier alpha value is -2.66. The van der Waals surface area contributed by atoms with Gasteiger partial charge in [0.1, 0.15) is 0 Å². The number of carbonyl (C=O) groups is 1. The van der Waals surface area contributed by atoms with Crippen molar-refractivity contribution in [3.05, 3.63) is 64.5 Å². The molecule has 26 heavy (non-hydrogen) atoms. The van der Waals surface area contributed by atoms with Gasteiger partial charge in [-0.15, -0.1) is 0 Å². The van der Waals surface area contributed by atoms with Crippen LogP contribution >= 0.6 is 11.6 Å². The number of halogens is 1. The SMILES string of the molecule is Cc1ccc(-c2noc(C3CC(=O)N(c4ccc(Cl)cc4C)C3)n2)cc1. The highest BCUT2D eigenvalue weighted by Crippen LogP contribution is 2.34. The van der Waals surface area contributed by atoms with Gasteiger partial charge in [-0.05, 0) is 37.6 Å². The van der Waals surface area contributed by atoms with Crippen LogP contribution in [-0.4, -0.2) is 22.6 Å². The number of aryl methyl sites for hydroxylation is 2. The van der Waals surface area contributed by atoms with Gasteiger partial charge in [0.2, 0.25) is 17.6 Å². The third kappa shape index (κ3) is 3.10. The van der Waals surface area contributed by atoms with E-state index in [9.17, 15) is 4.79 Å². The summed E-state index contributed by atoms with van der Waals surface area (Å²) >= 11 is 6.02. The molecule has 1 saturated heterocycles. The summed E-state index contributed by atoms with van der Waals surface area (Å²) in [6.45, 7) is 4.50. The first-order valence-electron chi connectivity index (χ1n) is 8.48. The number of amides is 1. The van der Waals surface area contributed by atoms with Crippen LogP contribution in [0.1, 0.15) is 29.4 Å². The predicted molar refractivity (Wildman–Crippen MR) is 100 cm³/mol. The highest BCUT2D eigenvalue weighted by atomic mass is 35.5. The summed E-state index contributed by atoms with van der Waals surface area (Å²) in [5.41, 5.74) is 3.92. The quantitative estimate of drug-likeness (QED) is 0.682. The molecular weight excluding hydrogens is 350 g/mol. The molecule has 4 rings (SSSR count). The average Bonchev–Trinajstić information content (AvgIpc) is 3.23. The van der Waals surface area contributed by atoms with E-state index >= 15 is 0 Å². The highest BCUT2D eigenvalue weighted by Gasteiger charge is 2.35. The topological polar surface area (TPSA) is 59.2 Å². The maximum Gasteiger partial charge on any atom is 0.232 e. The largest absolute Gasteiger partial charge is 0.339 e. The van der Waals surface area contributed by atoms with Crippen LogP contribution in [0.25, 0.3) is 11.4 Å². The Morgan fingerprint density at radius 3 is 2.65 bits per heavy atom. The minimum absolute atomic E-state index is 0.0514. The molecule has 2 aromatic carbocycles. The van der Waals surface area contributed by atoms with Gasteiger partial charge in [-0.2, -0.15) is 4.98 Å². The minimum atomic E-state index is -0.107. The minimum Gasteiger partial charge on any atom is -0.339 e. The summed E-state index contributed by atoms with van der Waals surface area (Å²) < 4.78 is 5.45. The Morgan fingerprint density at radius 2 is 1.92 bits per heavy atom. The van der Waals surface area contributed by atoms with Crippen molar-refractivity contribution in [1.29, 1.82) is 0 Å². The van der Waals surface area contributed by atoms with Crippen molar-refractivity contribution in [3.8, 4) is 11.4 Å². The Bertz CT molecular complexity index is 965. The Balaban J connectivity index is 1.56. The van der Waals surface area contributed by atoms with Crippen LogP contribution in [0.3, 0.4) is 0 Å². The lowest BCUT2D eigenvalue weighted by atomic mass is 10.1. The van der Waals surface area contributed by atoms with Crippen molar-refractivity contribution in [3.63, 3.8) is 0 Å². The van der Waals surface area contributed by atoms with Crippen molar-refractivity contribution >= 4 is 23.2 Å². The zero-order valence-corrected chi connectivity index (χ0v) is 15.3. The molecule has 1 aromatic heterocycles. The van der Waals surface area contributed by atoms with E-state index < -0.39 is 0 Å². The molecule has 1 atom stereocenters. The zero-order valence-electron chi connectivity index (χ0n) is 14.6. The van der Waals surface area contributed by atoms with E-state index in [1.165, 1.54) is 5.56 Å². The first-order valence-corrected chi connectivity index (χ1v) is 8.86. The van der Waals surface area contributed by atoms with Crippen molar-refractivity contribution in [2.45, 2.75) is 26.2 Å². The molecule has 1 amide bonds. The molecule has 0 spiro atoms. The normalized spacial score (nSPS) is 17.1. The zero-order chi connectivity index (χ0) is 18.3. The maximum atomic E-state index is 12.5. The Kier molecular flexibility index (Phi) is 4.24. The number of nitrogens with zero attached hydrogens (tertiary/aromatic N) is 3. The van der Waals surface area contributed by atoms with Crippen LogP contribution in [0.5, 0.6) is 0 Å². The summed E-state index contributed by atoms with van der Waals surface area (Å²) in [6.07, 6.45) is 0.359. The molecule has 132 valence electrons. The number of benzene rings is 2. The molecule has 1 fully saturated rings. The van der Waals surface area contributed by atoms with Crippen LogP contribution in [0, 0.1) is 13.8 Å². The van der Waals surface area contributed by atoms with Gasteiger partial charge in [0.05, 0.1) is 5.92 Å². The molecule has 0 aliphatic carbocycles. The van der Waals surface area contributed by atoms with Gasteiger partial charge in [-0.1, -0.05) is 46.6 Å². The molecule has 0 saturated carbocycles. The second kappa shape index (κ2) is 6.57. The van der Waals surface area contributed by atoms with Gasteiger partial charge < -0.3 is 9.42 Å². The summed E-state index contributed by atoms with van der Waals surface area (Å²) in [4.78, 5) is 18.8. The fourth-order valence-electron chi connectivity index (χ4n) is 3.25. The molecule has 1 aliphatic rings. The van der Waals surface area contributed by atoms with Crippen molar-refractivity contribution in [2.75, 3.05) is 11.4 Å². The fraction of sp³-hybridized carbons (Fsp3) is 0.250. The van der Waals surface area contributed by atoms with Gasteiger partial charge in [0.15, 0.2) is 0 Å². The molecule has 1 unspecified atom stereocenters. The van der Waals surface area contributed by atoms with Gasteiger partial charge in [0, 0.05) is 29.2 Å². The van der Waals surface area contributed by atoms with Crippen molar-refractivity contribution in [1.82, 2.24) is 10.1 Å². The molecule has 1 aliphatic heterocycles. The summed E-state index contributed by atoms with van der Waals surface area (Å²) in [5, 5.41) is 4.74. The van der Waals surface area contributed by atoms with Crippen molar-refractivity contribution < 1.29 is 9.32 Å². The van der Waals surface area contributed by atoms with Crippen LogP contribution in [-0.2, 0) is 4.79 Å². The number of hydrogen-bond donors (Lipinski definition) is 0. The molecule has 0 bridgehead atoms. The Labute approximate surface area is 156 Å². The molecule has 0 N–H and O–H groups in total. The summed E-state index contributed by atoms with van der Waals surface area (Å²) in [6, 6.07) is 13.5.